The van der Waals surface area contributed by atoms with Gasteiger partial charge in [0.25, 0.3) is 11.8 Å². The second kappa shape index (κ2) is 9.68. The summed E-state index contributed by atoms with van der Waals surface area (Å²) in [6.45, 7) is 4.61. The first kappa shape index (κ1) is 22.3. The van der Waals surface area contributed by atoms with Crippen LogP contribution in [0.3, 0.4) is 0 Å². The van der Waals surface area contributed by atoms with Gasteiger partial charge in [-0.2, -0.15) is 5.10 Å². The Morgan fingerprint density at radius 2 is 1.36 bits per heavy atom. The molecule has 0 saturated carbocycles. The molecule has 0 radical (unpaired) electrons. The summed E-state index contributed by atoms with van der Waals surface area (Å²) < 4.78 is 5.86. The van der Waals surface area contributed by atoms with Crippen molar-refractivity contribution in [2.45, 2.75) is 6.92 Å². The lowest BCUT2D eigenvalue weighted by Gasteiger charge is -2.35. The number of aromatic nitrogens is 2. The Bertz CT molecular complexity index is 1100. The number of nitrogens with zero attached hydrogens (tertiary/aromatic N) is 5. The van der Waals surface area contributed by atoms with E-state index in [1.165, 1.54) is 4.90 Å². The van der Waals surface area contributed by atoms with Crippen molar-refractivity contribution in [3.05, 3.63) is 77.5 Å². The summed E-state index contributed by atoms with van der Waals surface area (Å²) in [4.78, 5) is 30.4. The van der Waals surface area contributed by atoms with Crippen molar-refractivity contribution in [2.75, 3.05) is 45.2 Å². The van der Waals surface area contributed by atoms with E-state index in [9.17, 15) is 9.59 Å². The van der Waals surface area contributed by atoms with Crippen molar-refractivity contribution in [3.8, 4) is 11.5 Å². The molecule has 1 fully saturated rings. The zero-order chi connectivity index (χ0) is 23.4. The summed E-state index contributed by atoms with van der Waals surface area (Å²) in [5.41, 5.74) is 2.11. The highest BCUT2D eigenvalue weighted by atomic mass is 16.5. The third-order valence-electron chi connectivity index (χ3n) is 5.52. The Morgan fingerprint density at radius 1 is 0.788 bits per heavy atom. The summed E-state index contributed by atoms with van der Waals surface area (Å²) in [7, 11) is 3.43. The predicted molar refractivity (Wildman–Crippen MR) is 126 cm³/mol. The first-order chi connectivity index (χ1) is 15.9. The third kappa shape index (κ3) is 5.28. The van der Waals surface area contributed by atoms with Gasteiger partial charge in [0, 0.05) is 51.4 Å². The molecule has 2 heterocycles. The molecule has 1 aliphatic rings. The number of aryl methyl sites for hydroxylation is 1. The van der Waals surface area contributed by atoms with Crippen LogP contribution in [0.5, 0.6) is 11.5 Å². The summed E-state index contributed by atoms with van der Waals surface area (Å²) in [5, 5.41) is 8.35. The molecule has 2 amide bonds. The van der Waals surface area contributed by atoms with Crippen LogP contribution in [0.2, 0.25) is 0 Å². The lowest BCUT2D eigenvalue weighted by Crippen LogP contribution is -2.49. The Hall–Kier alpha value is -3.94. The van der Waals surface area contributed by atoms with E-state index in [-0.39, 0.29) is 11.8 Å². The number of anilines is 1. The van der Waals surface area contributed by atoms with E-state index >= 15 is 0 Å². The molecule has 0 atom stereocenters. The van der Waals surface area contributed by atoms with E-state index in [0.29, 0.717) is 35.7 Å². The zero-order valence-corrected chi connectivity index (χ0v) is 19.1. The molecule has 1 saturated heterocycles. The molecule has 0 unspecified atom stereocenters. The number of benzene rings is 2. The third-order valence-corrected chi connectivity index (χ3v) is 5.52. The molecule has 33 heavy (non-hydrogen) atoms. The highest BCUT2D eigenvalue weighted by Crippen LogP contribution is 2.23. The lowest BCUT2D eigenvalue weighted by molar-refractivity contribution is 0.0746. The van der Waals surface area contributed by atoms with E-state index in [4.69, 9.17) is 4.74 Å². The van der Waals surface area contributed by atoms with Crippen LogP contribution in [0, 0.1) is 6.92 Å². The van der Waals surface area contributed by atoms with Crippen LogP contribution in [0.25, 0.3) is 0 Å². The van der Waals surface area contributed by atoms with Gasteiger partial charge >= 0.3 is 0 Å². The average molecular weight is 446 g/mol. The van der Waals surface area contributed by atoms with Gasteiger partial charge in [0.05, 0.1) is 5.69 Å². The van der Waals surface area contributed by atoms with Crippen molar-refractivity contribution in [3.63, 3.8) is 0 Å². The molecule has 1 aliphatic heterocycles. The molecule has 0 bridgehead atoms. The van der Waals surface area contributed by atoms with E-state index in [1.807, 2.05) is 24.0 Å². The Morgan fingerprint density at radius 3 is 1.88 bits per heavy atom. The summed E-state index contributed by atoms with van der Waals surface area (Å²) in [6, 6.07) is 18.0. The monoisotopic (exact) mass is 445 g/mol. The van der Waals surface area contributed by atoms with Gasteiger partial charge in [0.15, 0.2) is 5.82 Å². The van der Waals surface area contributed by atoms with Gasteiger partial charge in [-0.1, -0.05) is 0 Å². The van der Waals surface area contributed by atoms with E-state index in [0.717, 1.165) is 24.6 Å². The largest absolute Gasteiger partial charge is 0.457 e. The highest BCUT2D eigenvalue weighted by Gasteiger charge is 2.23. The number of rotatable bonds is 5. The van der Waals surface area contributed by atoms with Gasteiger partial charge in [-0.3, -0.25) is 9.59 Å². The first-order valence-corrected chi connectivity index (χ1v) is 10.8. The van der Waals surface area contributed by atoms with E-state index < -0.39 is 0 Å². The van der Waals surface area contributed by atoms with Gasteiger partial charge in [0.2, 0.25) is 0 Å². The number of amides is 2. The average Bonchev–Trinajstić information content (AvgIpc) is 2.85. The highest BCUT2D eigenvalue weighted by molar-refractivity contribution is 5.95. The number of hydrogen-bond acceptors (Lipinski definition) is 6. The Balaban J connectivity index is 1.33. The normalized spacial score (nSPS) is 13.5. The molecular weight excluding hydrogens is 418 g/mol. The van der Waals surface area contributed by atoms with Crippen LogP contribution in [-0.4, -0.2) is 72.1 Å². The maximum atomic E-state index is 12.9. The number of piperazine rings is 1. The van der Waals surface area contributed by atoms with Crippen molar-refractivity contribution >= 4 is 17.6 Å². The summed E-state index contributed by atoms with van der Waals surface area (Å²) in [6.07, 6.45) is 0. The molecule has 0 aliphatic carbocycles. The second-order valence-corrected chi connectivity index (χ2v) is 8.16. The molecular formula is C25H27N5O3. The van der Waals surface area contributed by atoms with Gasteiger partial charge in [0.1, 0.15) is 11.5 Å². The minimum absolute atomic E-state index is 0.00254. The molecule has 4 rings (SSSR count). The van der Waals surface area contributed by atoms with Crippen molar-refractivity contribution in [2.24, 2.45) is 0 Å². The maximum Gasteiger partial charge on any atom is 0.253 e. The van der Waals surface area contributed by atoms with Crippen LogP contribution in [0.15, 0.2) is 60.7 Å². The molecule has 2 aromatic carbocycles. The molecule has 3 aromatic rings. The van der Waals surface area contributed by atoms with Crippen molar-refractivity contribution < 1.29 is 14.3 Å². The van der Waals surface area contributed by atoms with Gasteiger partial charge in [-0.15, -0.1) is 5.10 Å². The van der Waals surface area contributed by atoms with Gasteiger partial charge < -0.3 is 19.4 Å². The van der Waals surface area contributed by atoms with E-state index in [1.54, 1.807) is 62.6 Å². The van der Waals surface area contributed by atoms with Crippen LogP contribution in [0.1, 0.15) is 26.4 Å². The van der Waals surface area contributed by atoms with E-state index in [2.05, 4.69) is 15.1 Å². The van der Waals surface area contributed by atoms with Crippen molar-refractivity contribution in [1.29, 1.82) is 0 Å². The number of ether oxygens (including phenoxy) is 1. The number of carbonyl (C=O) groups excluding carboxylic acids is 2. The fraction of sp³-hybridized carbons (Fsp3) is 0.280. The summed E-state index contributed by atoms with van der Waals surface area (Å²) in [5.74, 6) is 2.04. The first-order valence-electron chi connectivity index (χ1n) is 10.8. The molecule has 170 valence electrons. The molecule has 0 N–H and O–H groups in total. The lowest BCUT2D eigenvalue weighted by atomic mass is 10.1. The molecule has 1 aromatic heterocycles. The minimum atomic E-state index is -0.0583. The van der Waals surface area contributed by atoms with Crippen LogP contribution < -0.4 is 9.64 Å². The smallest absolute Gasteiger partial charge is 0.253 e. The predicted octanol–water partition coefficient (Wildman–Crippen LogP) is 3.24. The van der Waals surface area contributed by atoms with Crippen LogP contribution in [-0.2, 0) is 0 Å². The Kier molecular flexibility index (Phi) is 6.53. The minimum Gasteiger partial charge on any atom is -0.457 e. The van der Waals surface area contributed by atoms with Gasteiger partial charge in [-0.05, 0) is 67.6 Å². The number of hydrogen-bond donors (Lipinski definition) is 0. The molecule has 0 spiro atoms. The number of carbonyl (C=O) groups is 2. The Labute approximate surface area is 193 Å². The quantitative estimate of drug-likeness (QED) is 0.600. The fourth-order valence-corrected chi connectivity index (χ4v) is 3.61. The zero-order valence-electron chi connectivity index (χ0n) is 19.1. The summed E-state index contributed by atoms with van der Waals surface area (Å²) >= 11 is 0. The SMILES string of the molecule is Cc1ccc(N2CCN(C(=O)c3ccc(Oc4ccc(C(=O)N(C)C)cc4)cc3)CC2)nn1. The fourth-order valence-electron chi connectivity index (χ4n) is 3.61. The topological polar surface area (TPSA) is 78.9 Å². The van der Waals surface area contributed by atoms with Gasteiger partial charge in [-0.25, -0.2) is 0 Å². The molecule has 8 heteroatoms. The van der Waals surface area contributed by atoms with Crippen molar-refractivity contribution in [1.82, 2.24) is 20.0 Å². The van der Waals surface area contributed by atoms with Crippen LogP contribution in [0.4, 0.5) is 5.82 Å². The van der Waals surface area contributed by atoms with Crippen LogP contribution >= 0.6 is 0 Å². The molecule has 8 nitrogen and oxygen atoms in total. The standard InChI is InChI=1S/C25H27N5O3/c1-18-4-13-23(27-26-18)29-14-16-30(17-15-29)25(32)20-7-11-22(12-8-20)33-21-9-5-19(6-10-21)24(31)28(2)3/h4-13H,14-17H2,1-3H3. The maximum absolute atomic E-state index is 12.9. The second-order valence-electron chi connectivity index (χ2n) is 8.16.